The Hall–Kier alpha value is -3.29. The molecule has 0 saturated heterocycles. The van der Waals surface area contributed by atoms with E-state index in [1.165, 1.54) is 11.0 Å². The number of para-hydroxylation sites is 1. The van der Waals surface area contributed by atoms with Gasteiger partial charge in [0, 0.05) is 22.6 Å². The number of carbonyl (C=O) groups excluding carboxylic acids is 2. The van der Waals surface area contributed by atoms with Crippen molar-refractivity contribution in [1.82, 2.24) is 24.8 Å². The van der Waals surface area contributed by atoms with Crippen LogP contribution in [-0.2, 0) is 16.1 Å². The molecule has 3 aromatic rings. The first-order chi connectivity index (χ1) is 12.1. The Kier molecular flexibility index (Phi) is 4.69. The average molecular weight is 339 g/mol. The normalized spacial score (nSPS) is 10.6. The third-order valence-electron chi connectivity index (χ3n) is 3.79. The quantitative estimate of drug-likeness (QED) is 0.499. The second kappa shape index (κ2) is 7.08. The monoisotopic (exact) mass is 339 g/mol. The van der Waals surface area contributed by atoms with Gasteiger partial charge in [-0.3, -0.25) is 9.59 Å². The summed E-state index contributed by atoms with van der Waals surface area (Å²) in [5, 5.41) is 10.4. The predicted molar refractivity (Wildman–Crippen MR) is 88.3 cm³/mol. The van der Waals surface area contributed by atoms with Crippen LogP contribution in [0.2, 0.25) is 0 Å². The Bertz CT molecular complexity index is 885. The lowest BCUT2D eigenvalue weighted by Gasteiger charge is -2.09. The first kappa shape index (κ1) is 16.6. The van der Waals surface area contributed by atoms with Crippen molar-refractivity contribution in [1.29, 1.82) is 0 Å². The summed E-state index contributed by atoms with van der Waals surface area (Å²) in [5.41, 5.74) is 3.26. The van der Waals surface area contributed by atoms with Gasteiger partial charge < -0.3 is 9.30 Å². The van der Waals surface area contributed by atoms with E-state index in [-0.39, 0.29) is 18.9 Å². The summed E-state index contributed by atoms with van der Waals surface area (Å²) in [7, 11) is 0. The number of esters is 1. The Morgan fingerprint density at radius 1 is 1.16 bits per heavy atom. The Labute approximate surface area is 144 Å². The number of Topliss-reactive ketones (excluding diaryl/α,β-unsaturated/α-hetero) is 1. The van der Waals surface area contributed by atoms with Crippen LogP contribution in [0.25, 0.3) is 5.69 Å². The largest absolute Gasteiger partial charge is 0.456 e. The van der Waals surface area contributed by atoms with Gasteiger partial charge in [-0.05, 0) is 42.5 Å². The Morgan fingerprint density at radius 3 is 2.60 bits per heavy atom. The number of aromatic nitrogens is 5. The molecule has 0 amide bonds. The smallest absolute Gasteiger partial charge is 0.328 e. The minimum atomic E-state index is -0.572. The highest BCUT2D eigenvalue weighted by atomic mass is 16.5. The molecule has 8 heteroatoms. The van der Waals surface area contributed by atoms with Crippen molar-refractivity contribution < 1.29 is 14.3 Å². The molecular formula is C17H17N5O3. The summed E-state index contributed by atoms with van der Waals surface area (Å²) < 4.78 is 8.25. The molecule has 0 aliphatic rings. The van der Waals surface area contributed by atoms with Crippen molar-refractivity contribution in [3.8, 4) is 5.69 Å². The molecule has 0 aliphatic carbocycles. The van der Waals surface area contributed by atoms with Crippen LogP contribution >= 0.6 is 0 Å². The van der Waals surface area contributed by atoms with Gasteiger partial charge in [0.05, 0.1) is 0 Å². The predicted octanol–water partition coefficient (Wildman–Crippen LogP) is 1.51. The van der Waals surface area contributed by atoms with E-state index in [1.54, 1.807) is 6.07 Å². The number of tetrazole rings is 1. The molecule has 25 heavy (non-hydrogen) atoms. The molecule has 0 bridgehead atoms. The van der Waals surface area contributed by atoms with E-state index in [2.05, 4.69) is 15.5 Å². The van der Waals surface area contributed by atoms with Crippen LogP contribution in [0.15, 0.2) is 42.7 Å². The van der Waals surface area contributed by atoms with Crippen LogP contribution in [0.1, 0.15) is 21.7 Å². The van der Waals surface area contributed by atoms with E-state index in [0.29, 0.717) is 5.56 Å². The molecule has 3 rings (SSSR count). The summed E-state index contributed by atoms with van der Waals surface area (Å²) in [6, 6.07) is 11.6. The number of ketones is 1. The second-order valence-electron chi connectivity index (χ2n) is 5.55. The molecule has 0 fully saturated rings. The van der Waals surface area contributed by atoms with Crippen molar-refractivity contribution in [3.05, 3.63) is 59.7 Å². The number of nitrogens with zero attached hydrogens (tertiary/aromatic N) is 5. The fourth-order valence-electron chi connectivity index (χ4n) is 2.67. The first-order valence-corrected chi connectivity index (χ1v) is 7.70. The highest BCUT2D eigenvalue weighted by Gasteiger charge is 2.18. The van der Waals surface area contributed by atoms with Crippen LogP contribution in [-0.4, -0.2) is 43.1 Å². The summed E-state index contributed by atoms with van der Waals surface area (Å²) >= 11 is 0. The van der Waals surface area contributed by atoms with Crippen molar-refractivity contribution in [2.75, 3.05) is 6.61 Å². The number of aryl methyl sites for hydroxylation is 1. The molecular weight excluding hydrogens is 322 g/mol. The van der Waals surface area contributed by atoms with Gasteiger partial charge in [-0.25, -0.2) is 4.68 Å². The molecule has 0 spiro atoms. The summed E-state index contributed by atoms with van der Waals surface area (Å²) in [6.45, 7) is 3.35. The van der Waals surface area contributed by atoms with E-state index in [9.17, 15) is 9.59 Å². The van der Waals surface area contributed by atoms with Crippen molar-refractivity contribution in [2.24, 2.45) is 0 Å². The zero-order chi connectivity index (χ0) is 17.8. The molecule has 1 aromatic carbocycles. The van der Waals surface area contributed by atoms with Crippen LogP contribution in [0.5, 0.6) is 0 Å². The number of carbonyl (C=O) groups is 2. The van der Waals surface area contributed by atoms with E-state index < -0.39 is 5.97 Å². The SMILES string of the molecule is Cc1cc(C(=O)COC(=O)Cn2cnnn2)c(C)n1-c1ccccc1. The van der Waals surface area contributed by atoms with Gasteiger partial charge >= 0.3 is 5.97 Å². The maximum Gasteiger partial charge on any atom is 0.328 e. The van der Waals surface area contributed by atoms with Crippen LogP contribution in [0, 0.1) is 13.8 Å². The fourth-order valence-corrected chi connectivity index (χ4v) is 2.67. The van der Waals surface area contributed by atoms with Gasteiger partial charge in [-0.2, -0.15) is 0 Å². The molecule has 2 aromatic heterocycles. The number of hydrogen-bond acceptors (Lipinski definition) is 6. The van der Waals surface area contributed by atoms with Crippen molar-refractivity contribution >= 4 is 11.8 Å². The standard InChI is InChI=1S/C17H17N5O3/c1-12-8-15(13(2)22(12)14-6-4-3-5-7-14)16(23)10-25-17(24)9-21-11-18-19-20-21/h3-8,11H,9-10H2,1-2H3. The third-order valence-corrected chi connectivity index (χ3v) is 3.79. The highest BCUT2D eigenvalue weighted by molar-refractivity contribution is 5.99. The Balaban J connectivity index is 1.69. The minimum absolute atomic E-state index is 0.136. The number of ether oxygens (including phenoxy) is 1. The molecule has 0 aliphatic heterocycles. The third kappa shape index (κ3) is 3.63. The lowest BCUT2D eigenvalue weighted by atomic mass is 10.1. The number of benzene rings is 1. The maximum atomic E-state index is 12.4. The van der Waals surface area contributed by atoms with Gasteiger partial charge in [0.1, 0.15) is 12.9 Å². The molecule has 2 heterocycles. The average Bonchev–Trinajstić information content (AvgIpc) is 3.21. The molecule has 0 radical (unpaired) electrons. The fraction of sp³-hybridized carbons (Fsp3) is 0.235. The summed E-state index contributed by atoms with van der Waals surface area (Å²) in [6.07, 6.45) is 1.30. The zero-order valence-corrected chi connectivity index (χ0v) is 13.9. The summed E-state index contributed by atoms with van der Waals surface area (Å²) in [4.78, 5) is 24.2. The lowest BCUT2D eigenvalue weighted by Crippen LogP contribution is -2.19. The molecule has 128 valence electrons. The second-order valence-corrected chi connectivity index (χ2v) is 5.55. The number of hydrogen-bond donors (Lipinski definition) is 0. The van der Waals surface area contributed by atoms with E-state index in [1.807, 2.05) is 48.7 Å². The molecule has 8 nitrogen and oxygen atoms in total. The van der Waals surface area contributed by atoms with Gasteiger partial charge in [0.25, 0.3) is 0 Å². The van der Waals surface area contributed by atoms with Crippen molar-refractivity contribution in [3.63, 3.8) is 0 Å². The number of rotatable bonds is 6. The molecule has 0 N–H and O–H groups in total. The first-order valence-electron chi connectivity index (χ1n) is 7.70. The lowest BCUT2D eigenvalue weighted by molar-refractivity contribution is -0.143. The van der Waals surface area contributed by atoms with E-state index >= 15 is 0 Å². The Morgan fingerprint density at radius 2 is 1.92 bits per heavy atom. The zero-order valence-electron chi connectivity index (χ0n) is 13.9. The van der Waals surface area contributed by atoms with Gasteiger partial charge in [0.15, 0.2) is 6.61 Å². The van der Waals surface area contributed by atoms with Crippen LogP contribution in [0.3, 0.4) is 0 Å². The van der Waals surface area contributed by atoms with Crippen LogP contribution in [0.4, 0.5) is 0 Å². The molecule has 0 unspecified atom stereocenters. The molecule has 0 saturated carbocycles. The maximum absolute atomic E-state index is 12.4. The van der Waals surface area contributed by atoms with Gasteiger partial charge in [-0.15, -0.1) is 5.10 Å². The minimum Gasteiger partial charge on any atom is -0.456 e. The van der Waals surface area contributed by atoms with Gasteiger partial charge in [0.2, 0.25) is 5.78 Å². The summed E-state index contributed by atoms with van der Waals surface area (Å²) in [5.74, 6) is -0.821. The molecule has 0 atom stereocenters. The van der Waals surface area contributed by atoms with E-state index in [0.717, 1.165) is 17.1 Å². The topological polar surface area (TPSA) is 91.9 Å². The highest BCUT2D eigenvalue weighted by Crippen LogP contribution is 2.21. The van der Waals surface area contributed by atoms with Crippen LogP contribution < -0.4 is 0 Å². The van der Waals surface area contributed by atoms with Gasteiger partial charge in [-0.1, -0.05) is 18.2 Å². The van der Waals surface area contributed by atoms with E-state index in [4.69, 9.17) is 4.74 Å². The van der Waals surface area contributed by atoms with Crippen molar-refractivity contribution in [2.45, 2.75) is 20.4 Å².